The van der Waals surface area contributed by atoms with Crippen molar-refractivity contribution in [1.82, 2.24) is 9.80 Å². The Bertz CT molecular complexity index is 624. The quantitative estimate of drug-likeness (QED) is 0.846. The highest BCUT2D eigenvalue weighted by Crippen LogP contribution is 2.43. The first-order valence-corrected chi connectivity index (χ1v) is 9.53. The minimum atomic E-state index is -0.839. The number of carbonyl (C=O) groups excluding carboxylic acids is 1. The van der Waals surface area contributed by atoms with Crippen molar-refractivity contribution >= 4 is 23.6 Å². The minimum Gasteiger partial charge on any atom is -0.481 e. The van der Waals surface area contributed by atoms with E-state index in [2.05, 4.69) is 35.4 Å². The molecule has 0 bridgehead atoms. The van der Waals surface area contributed by atoms with Crippen LogP contribution in [-0.4, -0.2) is 58.7 Å². The fourth-order valence-electron chi connectivity index (χ4n) is 4.07. The van der Waals surface area contributed by atoms with Crippen LogP contribution in [-0.2, 0) is 16.1 Å². The zero-order valence-corrected chi connectivity index (χ0v) is 15.0. The summed E-state index contributed by atoms with van der Waals surface area (Å²) in [6.45, 7) is 2.53. The van der Waals surface area contributed by atoms with Crippen LogP contribution < -0.4 is 0 Å². The minimum absolute atomic E-state index is 0.0384. The Balaban J connectivity index is 1.66. The second-order valence-electron chi connectivity index (χ2n) is 6.78. The summed E-state index contributed by atoms with van der Waals surface area (Å²) in [5.74, 6) is -1.45. The van der Waals surface area contributed by atoms with Crippen molar-refractivity contribution in [3.05, 3.63) is 29.8 Å². The van der Waals surface area contributed by atoms with Crippen molar-refractivity contribution in [3.8, 4) is 0 Å². The van der Waals surface area contributed by atoms with Crippen LogP contribution in [0.1, 0.15) is 24.8 Å². The van der Waals surface area contributed by atoms with Crippen molar-refractivity contribution in [2.75, 3.05) is 26.4 Å². The molecule has 2 saturated heterocycles. The van der Waals surface area contributed by atoms with Crippen LogP contribution in [0, 0.1) is 5.92 Å². The lowest BCUT2D eigenvalue weighted by Crippen LogP contribution is -2.55. The van der Waals surface area contributed by atoms with E-state index in [0.717, 1.165) is 32.5 Å². The van der Waals surface area contributed by atoms with Gasteiger partial charge in [0.25, 0.3) is 0 Å². The number of likely N-dealkylation sites (tertiary alicyclic amines) is 2. The van der Waals surface area contributed by atoms with E-state index >= 15 is 0 Å². The molecule has 2 heterocycles. The number of amides is 1. The zero-order valence-electron chi connectivity index (χ0n) is 14.2. The van der Waals surface area contributed by atoms with Gasteiger partial charge in [-0.25, -0.2) is 0 Å². The molecule has 130 valence electrons. The summed E-state index contributed by atoms with van der Waals surface area (Å²) in [7, 11) is 1.77. The van der Waals surface area contributed by atoms with Crippen molar-refractivity contribution in [3.63, 3.8) is 0 Å². The van der Waals surface area contributed by atoms with Gasteiger partial charge in [-0.1, -0.05) is 12.1 Å². The molecule has 2 aliphatic rings. The second-order valence-corrected chi connectivity index (χ2v) is 7.66. The zero-order chi connectivity index (χ0) is 17.3. The Morgan fingerprint density at radius 1 is 1.29 bits per heavy atom. The third kappa shape index (κ3) is 3.05. The summed E-state index contributed by atoms with van der Waals surface area (Å²) in [6.07, 6.45) is 3.67. The summed E-state index contributed by atoms with van der Waals surface area (Å²) in [4.78, 5) is 29.0. The molecule has 6 heteroatoms. The predicted molar refractivity (Wildman–Crippen MR) is 94.0 cm³/mol. The Labute approximate surface area is 147 Å². The Morgan fingerprint density at radius 2 is 1.92 bits per heavy atom. The molecule has 0 saturated carbocycles. The lowest BCUT2D eigenvalue weighted by Gasteiger charge is -2.45. The van der Waals surface area contributed by atoms with E-state index in [4.69, 9.17) is 0 Å². The van der Waals surface area contributed by atoms with E-state index in [1.165, 1.54) is 10.5 Å². The number of aliphatic carboxylic acids is 1. The number of hydrogen-bond acceptors (Lipinski definition) is 4. The van der Waals surface area contributed by atoms with Crippen LogP contribution in [0.3, 0.4) is 0 Å². The van der Waals surface area contributed by atoms with Gasteiger partial charge < -0.3 is 10.0 Å². The highest BCUT2D eigenvalue weighted by Gasteiger charge is 2.55. The topological polar surface area (TPSA) is 60.9 Å². The molecular weight excluding hydrogens is 324 g/mol. The lowest BCUT2D eigenvalue weighted by atomic mass is 9.77. The fraction of sp³-hybridized carbons (Fsp3) is 0.556. The smallest absolute Gasteiger partial charge is 0.309 e. The Kier molecular flexibility index (Phi) is 4.88. The molecule has 2 aliphatic heterocycles. The molecule has 1 N–H and O–H groups in total. The van der Waals surface area contributed by atoms with Gasteiger partial charge in [-0.2, -0.15) is 0 Å². The number of carboxylic acid groups (broad SMARTS) is 1. The van der Waals surface area contributed by atoms with Crippen LogP contribution in [0.2, 0.25) is 0 Å². The van der Waals surface area contributed by atoms with Gasteiger partial charge in [0.1, 0.15) is 0 Å². The molecule has 2 fully saturated rings. The van der Waals surface area contributed by atoms with Crippen LogP contribution in [0.25, 0.3) is 0 Å². The van der Waals surface area contributed by atoms with Gasteiger partial charge in [-0.3, -0.25) is 14.5 Å². The molecule has 1 spiro atoms. The molecule has 0 aliphatic carbocycles. The summed E-state index contributed by atoms with van der Waals surface area (Å²) in [5, 5.41) is 9.52. The molecule has 1 amide bonds. The molecule has 5 nitrogen and oxygen atoms in total. The Hall–Kier alpha value is -1.53. The second kappa shape index (κ2) is 6.76. The van der Waals surface area contributed by atoms with Crippen molar-refractivity contribution in [2.24, 2.45) is 5.92 Å². The van der Waals surface area contributed by atoms with Gasteiger partial charge in [-0.15, -0.1) is 11.8 Å². The van der Waals surface area contributed by atoms with E-state index < -0.39 is 17.4 Å². The first kappa shape index (κ1) is 17.3. The lowest BCUT2D eigenvalue weighted by molar-refractivity contribution is -0.146. The summed E-state index contributed by atoms with van der Waals surface area (Å²) in [5.41, 5.74) is 0.775. The number of hydrogen-bond donors (Lipinski definition) is 1. The Morgan fingerprint density at radius 3 is 2.46 bits per heavy atom. The number of benzene rings is 1. The number of thioether (sulfide) groups is 1. The van der Waals surface area contributed by atoms with E-state index in [1.807, 2.05) is 0 Å². The van der Waals surface area contributed by atoms with Crippen LogP contribution >= 0.6 is 11.8 Å². The van der Waals surface area contributed by atoms with E-state index in [1.54, 1.807) is 23.7 Å². The van der Waals surface area contributed by atoms with Gasteiger partial charge in [-0.05, 0) is 36.8 Å². The summed E-state index contributed by atoms with van der Waals surface area (Å²) in [6, 6.07) is 8.58. The van der Waals surface area contributed by atoms with E-state index in [-0.39, 0.29) is 12.3 Å². The van der Waals surface area contributed by atoms with Crippen molar-refractivity contribution in [2.45, 2.75) is 36.2 Å². The van der Waals surface area contributed by atoms with Crippen LogP contribution in [0.15, 0.2) is 29.2 Å². The highest BCUT2D eigenvalue weighted by atomic mass is 32.2. The largest absolute Gasteiger partial charge is 0.481 e. The number of rotatable bonds is 4. The molecule has 3 rings (SSSR count). The van der Waals surface area contributed by atoms with Crippen LogP contribution in [0.4, 0.5) is 0 Å². The first-order valence-electron chi connectivity index (χ1n) is 8.31. The average molecular weight is 348 g/mol. The number of carboxylic acids is 1. The van der Waals surface area contributed by atoms with Crippen LogP contribution in [0.5, 0.6) is 0 Å². The normalized spacial score (nSPS) is 23.8. The predicted octanol–water partition coefficient (Wildman–Crippen LogP) is 2.31. The van der Waals surface area contributed by atoms with Gasteiger partial charge >= 0.3 is 5.97 Å². The SMILES string of the molecule is CSc1ccc(CN2CCC3(CC2)C(C(=O)O)CC(=O)N3C)cc1. The maximum Gasteiger partial charge on any atom is 0.309 e. The summed E-state index contributed by atoms with van der Waals surface area (Å²) < 4.78 is 0. The first-order chi connectivity index (χ1) is 11.5. The highest BCUT2D eigenvalue weighted by molar-refractivity contribution is 7.98. The maximum atomic E-state index is 12.0. The molecule has 1 aromatic rings. The molecule has 0 radical (unpaired) electrons. The number of piperidine rings is 1. The van der Waals surface area contributed by atoms with Gasteiger partial charge in [0.2, 0.25) is 5.91 Å². The third-order valence-corrected chi connectivity index (χ3v) is 6.40. The number of nitrogens with zero attached hydrogens (tertiary/aromatic N) is 2. The maximum absolute atomic E-state index is 12.0. The molecular formula is C18H24N2O3S. The molecule has 24 heavy (non-hydrogen) atoms. The van der Waals surface area contributed by atoms with Gasteiger partial charge in [0.15, 0.2) is 0 Å². The third-order valence-electron chi connectivity index (χ3n) is 5.65. The fourth-order valence-corrected chi connectivity index (χ4v) is 4.48. The monoisotopic (exact) mass is 348 g/mol. The molecule has 1 aromatic carbocycles. The summed E-state index contributed by atoms with van der Waals surface area (Å²) >= 11 is 1.73. The standard InChI is InChI=1S/C18H24N2O3S/c1-19-16(21)11-15(17(22)23)18(19)7-9-20(10-8-18)12-13-3-5-14(24-2)6-4-13/h3-6,15H,7-12H2,1-2H3,(H,22,23). The number of carbonyl (C=O) groups is 2. The van der Waals surface area contributed by atoms with Gasteiger partial charge in [0.05, 0.1) is 11.5 Å². The van der Waals surface area contributed by atoms with E-state index in [0.29, 0.717) is 0 Å². The van der Waals surface area contributed by atoms with Crippen molar-refractivity contribution < 1.29 is 14.7 Å². The molecule has 1 atom stereocenters. The van der Waals surface area contributed by atoms with Gasteiger partial charge in [0, 0.05) is 38.0 Å². The average Bonchev–Trinajstić information content (AvgIpc) is 2.83. The molecule has 1 unspecified atom stereocenters. The molecule has 0 aromatic heterocycles. The van der Waals surface area contributed by atoms with E-state index in [9.17, 15) is 14.7 Å². The van der Waals surface area contributed by atoms with Crippen molar-refractivity contribution in [1.29, 1.82) is 0 Å².